The number of amides is 1. The molecule has 3 aromatic rings. The SMILES string of the molecule is CC1C(C(=O)NN2CCc3ccccc32)=NN(c2ccccc2Cl)C1c1ccc(O)cc1. The third-order valence-corrected chi connectivity index (χ3v) is 6.39. The van der Waals surface area contributed by atoms with Gasteiger partial charge in [0, 0.05) is 12.5 Å². The minimum absolute atomic E-state index is 0.190. The van der Waals surface area contributed by atoms with Crippen molar-refractivity contribution in [3.05, 3.63) is 88.9 Å². The van der Waals surface area contributed by atoms with E-state index in [0.717, 1.165) is 29.9 Å². The van der Waals surface area contributed by atoms with E-state index < -0.39 is 0 Å². The van der Waals surface area contributed by atoms with E-state index in [1.807, 2.05) is 71.5 Å². The van der Waals surface area contributed by atoms with E-state index in [1.165, 1.54) is 5.56 Å². The molecule has 2 N–H and O–H groups in total. The van der Waals surface area contributed by atoms with Crippen molar-refractivity contribution in [2.75, 3.05) is 16.6 Å². The quantitative estimate of drug-likeness (QED) is 0.610. The molecule has 0 bridgehead atoms. The van der Waals surface area contributed by atoms with Crippen LogP contribution in [0.4, 0.5) is 11.4 Å². The van der Waals surface area contributed by atoms with Crippen LogP contribution >= 0.6 is 11.6 Å². The molecule has 2 aliphatic heterocycles. The van der Waals surface area contributed by atoms with Crippen LogP contribution in [-0.2, 0) is 11.2 Å². The Morgan fingerprint density at radius 3 is 2.47 bits per heavy atom. The number of benzene rings is 3. The Hall–Kier alpha value is -3.51. The first-order chi connectivity index (χ1) is 15.5. The van der Waals surface area contributed by atoms with E-state index in [1.54, 1.807) is 12.1 Å². The number of phenolic OH excluding ortho intramolecular Hbond substituents is 1. The molecule has 7 heteroatoms. The number of carbonyl (C=O) groups is 1. The Balaban J connectivity index is 1.48. The molecule has 3 aromatic carbocycles. The summed E-state index contributed by atoms with van der Waals surface area (Å²) in [7, 11) is 0. The number of nitrogens with one attached hydrogen (secondary N) is 1. The van der Waals surface area contributed by atoms with Crippen LogP contribution in [0.15, 0.2) is 77.9 Å². The number of hydrogen-bond donors (Lipinski definition) is 2. The largest absolute Gasteiger partial charge is 0.508 e. The number of hydrazine groups is 1. The van der Waals surface area contributed by atoms with Gasteiger partial charge in [0.1, 0.15) is 11.5 Å². The number of carbonyl (C=O) groups excluding carboxylic acids is 1. The molecule has 0 aliphatic carbocycles. The van der Waals surface area contributed by atoms with Gasteiger partial charge in [0.2, 0.25) is 0 Å². The topological polar surface area (TPSA) is 68.2 Å². The molecular formula is C25H23ClN4O2. The second kappa shape index (κ2) is 8.20. The Bertz CT molecular complexity index is 1190. The molecule has 6 nitrogen and oxygen atoms in total. The van der Waals surface area contributed by atoms with Gasteiger partial charge in [-0.1, -0.05) is 61.0 Å². The number of aromatic hydroxyl groups is 1. The highest BCUT2D eigenvalue weighted by Crippen LogP contribution is 2.42. The molecule has 0 aromatic heterocycles. The zero-order valence-electron chi connectivity index (χ0n) is 17.6. The van der Waals surface area contributed by atoms with Crippen molar-refractivity contribution in [1.82, 2.24) is 5.43 Å². The van der Waals surface area contributed by atoms with E-state index >= 15 is 0 Å². The molecule has 32 heavy (non-hydrogen) atoms. The molecule has 0 radical (unpaired) electrons. The lowest BCUT2D eigenvalue weighted by atomic mass is 9.91. The van der Waals surface area contributed by atoms with Crippen LogP contribution in [-0.4, -0.2) is 23.3 Å². The van der Waals surface area contributed by atoms with Crippen LogP contribution in [0.3, 0.4) is 0 Å². The second-order valence-electron chi connectivity index (χ2n) is 8.08. The highest BCUT2D eigenvalue weighted by molar-refractivity contribution is 6.41. The Labute approximate surface area is 191 Å². The first kappa shape index (κ1) is 20.4. The minimum atomic E-state index is -0.234. The van der Waals surface area contributed by atoms with Gasteiger partial charge in [-0.3, -0.25) is 20.2 Å². The number of para-hydroxylation sites is 2. The lowest BCUT2D eigenvalue weighted by Crippen LogP contribution is -2.45. The van der Waals surface area contributed by atoms with Crippen molar-refractivity contribution in [2.24, 2.45) is 11.0 Å². The van der Waals surface area contributed by atoms with Crippen molar-refractivity contribution in [3.63, 3.8) is 0 Å². The highest BCUT2D eigenvalue weighted by Gasteiger charge is 2.40. The van der Waals surface area contributed by atoms with Crippen LogP contribution in [0.1, 0.15) is 24.1 Å². The number of halogens is 1. The predicted molar refractivity (Wildman–Crippen MR) is 127 cm³/mol. The lowest BCUT2D eigenvalue weighted by Gasteiger charge is -2.27. The summed E-state index contributed by atoms with van der Waals surface area (Å²) in [6.45, 7) is 2.72. The maximum Gasteiger partial charge on any atom is 0.286 e. The van der Waals surface area contributed by atoms with Crippen molar-refractivity contribution in [3.8, 4) is 5.75 Å². The molecule has 2 aliphatic rings. The zero-order valence-corrected chi connectivity index (χ0v) is 18.3. The first-order valence-electron chi connectivity index (χ1n) is 10.6. The van der Waals surface area contributed by atoms with Crippen molar-refractivity contribution in [1.29, 1.82) is 0 Å². The van der Waals surface area contributed by atoms with Gasteiger partial charge in [-0.2, -0.15) is 5.10 Å². The molecule has 0 spiro atoms. The number of hydrazone groups is 1. The van der Waals surface area contributed by atoms with Crippen LogP contribution in [0.2, 0.25) is 5.02 Å². The summed E-state index contributed by atoms with van der Waals surface area (Å²) in [5, 5.41) is 18.7. The van der Waals surface area contributed by atoms with E-state index in [-0.39, 0.29) is 23.6 Å². The maximum atomic E-state index is 13.3. The second-order valence-corrected chi connectivity index (χ2v) is 8.48. The summed E-state index contributed by atoms with van der Waals surface area (Å²) in [5.41, 5.74) is 7.38. The molecular weight excluding hydrogens is 424 g/mol. The maximum absolute atomic E-state index is 13.3. The number of fused-ring (bicyclic) bond motifs is 1. The fraction of sp³-hybridized carbons (Fsp3) is 0.200. The molecule has 0 saturated carbocycles. The van der Waals surface area contributed by atoms with E-state index in [9.17, 15) is 9.90 Å². The average Bonchev–Trinajstić information content (AvgIpc) is 3.36. The molecule has 2 atom stereocenters. The van der Waals surface area contributed by atoms with Crippen LogP contribution < -0.4 is 15.4 Å². The van der Waals surface area contributed by atoms with Crippen molar-refractivity contribution >= 4 is 34.6 Å². The average molecular weight is 447 g/mol. The van der Waals surface area contributed by atoms with Gasteiger partial charge in [0.05, 0.1) is 22.4 Å². The molecule has 0 fully saturated rings. The van der Waals surface area contributed by atoms with Gasteiger partial charge in [0.25, 0.3) is 5.91 Å². The first-order valence-corrected chi connectivity index (χ1v) is 11.0. The van der Waals surface area contributed by atoms with E-state index in [4.69, 9.17) is 16.7 Å². The molecule has 2 unspecified atom stereocenters. The van der Waals surface area contributed by atoms with Gasteiger partial charge < -0.3 is 5.11 Å². The number of anilines is 2. The van der Waals surface area contributed by atoms with Gasteiger partial charge in [-0.15, -0.1) is 0 Å². The lowest BCUT2D eigenvalue weighted by molar-refractivity contribution is -0.115. The van der Waals surface area contributed by atoms with Gasteiger partial charge in [0.15, 0.2) is 0 Å². The Morgan fingerprint density at radius 2 is 1.72 bits per heavy atom. The summed E-state index contributed by atoms with van der Waals surface area (Å²) in [6, 6.07) is 22.3. The number of nitrogens with zero attached hydrogens (tertiary/aromatic N) is 3. The normalized spacial score (nSPS) is 19.6. The molecule has 1 amide bonds. The Kier molecular flexibility index (Phi) is 5.23. The standard InChI is InChI=1S/C25H23ClN4O2/c1-16-23(25(32)28-29-15-14-17-6-2-4-8-21(17)29)27-30(22-9-5-3-7-20(22)26)24(16)18-10-12-19(31)13-11-18/h2-13,16,24,31H,14-15H2,1H3,(H,28,32). The fourth-order valence-electron chi connectivity index (χ4n) is 4.46. The fourth-order valence-corrected chi connectivity index (χ4v) is 4.68. The van der Waals surface area contributed by atoms with Crippen LogP contribution in [0, 0.1) is 5.92 Å². The van der Waals surface area contributed by atoms with Gasteiger partial charge in [-0.25, -0.2) is 0 Å². The van der Waals surface area contributed by atoms with Crippen molar-refractivity contribution < 1.29 is 9.90 Å². The zero-order chi connectivity index (χ0) is 22.2. The third-order valence-electron chi connectivity index (χ3n) is 6.07. The third kappa shape index (κ3) is 3.56. The highest BCUT2D eigenvalue weighted by atomic mass is 35.5. The number of rotatable bonds is 4. The summed E-state index contributed by atoms with van der Waals surface area (Å²) in [5.74, 6) is -0.239. The van der Waals surface area contributed by atoms with Crippen LogP contribution in [0.5, 0.6) is 5.75 Å². The molecule has 0 saturated heterocycles. The smallest absolute Gasteiger partial charge is 0.286 e. The van der Waals surface area contributed by atoms with Crippen LogP contribution in [0.25, 0.3) is 0 Å². The Morgan fingerprint density at radius 1 is 1.03 bits per heavy atom. The number of phenols is 1. The van der Waals surface area contributed by atoms with Gasteiger partial charge >= 0.3 is 0 Å². The summed E-state index contributed by atoms with van der Waals surface area (Å²) >= 11 is 6.49. The number of hydrogen-bond acceptors (Lipinski definition) is 5. The molecule has 5 rings (SSSR count). The minimum Gasteiger partial charge on any atom is -0.508 e. The monoisotopic (exact) mass is 446 g/mol. The van der Waals surface area contributed by atoms with E-state index in [0.29, 0.717) is 10.7 Å². The van der Waals surface area contributed by atoms with Crippen molar-refractivity contribution in [2.45, 2.75) is 19.4 Å². The molecule has 162 valence electrons. The molecule has 2 heterocycles. The van der Waals surface area contributed by atoms with E-state index in [2.05, 4.69) is 11.5 Å². The summed E-state index contributed by atoms with van der Waals surface area (Å²) in [4.78, 5) is 13.3. The van der Waals surface area contributed by atoms with Gasteiger partial charge in [-0.05, 0) is 47.9 Å². The summed E-state index contributed by atoms with van der Waals surface area (Å²) < 4.78 is 0. The summed E-state index contributed by atoms with van der Waals surface area (Å²) in [6.07, 6.45) is 0.889. The predicted octanol–water partition coefficient (Wildman–Crippen LogP) is 4.69.